The van der Waals surface area contributed by atoms with E-state index in [0.717, 1.165) is 70.6 Å². The fraction of sp³-hybridized carbons (Fsp3) is 0.897. The zero-order valence-electron chi connectivity index (χ0n) is 23.2. The minimum absolute atomic E-state index is 0.0989. The molecule has 0 aromatic carbocycles. The van der Waals surface area contributed by atoms with Gasteiger partial charge in [0.15, 0.2) is 0 Å². The Hall–Kier alpha value is -1.59. The molecule has 206 valence electrons. The fourth-order valence-electron chi connectivity index (χ4n) is 3.96. The molecule has 0 fully saturated rings. The lowest BCUT2D eigenvalue weighted by molar-refractivity contribution is -0.149. The lowest BCUT2D eigenvalue weighted by Gasteiger charge is -2.17. The molecule has 0 saturated heterocycles. The van der Waals surface area contributed by atoms with E-state index < -0.39 is 12.0 Å². The van der Waals surface area contributed by atoms with Crippen molar-refractivity contribution in [2.24, 2.45) is 0 Å². The number of rotatable bonds is 25. The Balaban J connectivity index is 4.33. The number of carbonyl (C=O) groups is 3. The summed E-state index contributed by atoms with van der Waals surface area (Å²) in [6.45, 7) is 7.26. The monoisotopic (exact) mass is 497 g/mol. The van der Waals surface area contributed by atoms with Gasteiger partial charge in [-0.1, -0.05) is 111 Å². The minimum atomic E-state index is -0.792. The highest BCUT2D eigenvalue weighted by Gasteiger charge is 2.23. The van der Waals surface area contributed by atoms with Crippen molar-refractivity contribution in [3.63, 3.8) is 0 Å². The average Bonchev–Trinajstić information content (AvgIpc) is 2.85. The van der Waals surface area contributed by atoms with E-state index >= 15 is 0 Å². The quantitative estimate of drug-likeness (QED) is 0.105. The highest BCUT2D eigenvalue weighted by molar-refractivity contribution is 5.85. The van der Waals surface area contributed by atoms with Gasteiger partial charge in [0.25, 0.3) is 0 Å². The third-order valence-corrected chi connectivity index (χ3v) is 6.27. The highest BCUT2D eigenvalue weighted by Crippen LogP contribution is 2.11. The molecule has 35 heavy (non-hydrogen) atoms. The topological polar surface area (TPSA) is 81.7 Å². The van der Waals surface area contributed by atoms with Gasteiger partial charge in [-0.3, -0.25) is 9.59 Å². The molecule has 0 aliphatic heterocycles. The number of unbranched alkanes of at least 4 members (excludes halogenated alkanes) is 14. The zero-order valence-corrected chi connectivity index (χ0v) is 23.2. The normalized spacial score (nSPS) is 11.7. The van der Waals surface area contributed by atoms with Crippen molar-refractivity contribution in [1.29, 1.82) is 0 Å². The van der Waals surface area contributed by atoms with E-state index in [1.807, 2.05) is 0 Å². The second-order valence-electron chi connectivity index (χ2n) is 9.75. The van der Waals surface area contributed by atoms with Crippen LogP contribution in [0.5, 0.6) is 0 Å². The molecule has 0 aromatic rings. The minimum Gasteiger partial charge on any atom is -0.466 e. The Morgan fingerprint density at radius 3 is 1.57 bits per heavy atom. The largest absolute Gasteiger partial charge is 0.466 e. The van der Waals surface area contributed by atoms with Crippen molar-refractivity contribution in [2.75, 3.05) is 13.2 Å². The number of esters is 2. The van der Waals surface area contributed by atoms with Gasteiger partial charge >= 0.3 is 11.9 Å². The molecule has 1 N–H and O–H groups in total. The van der Waals surface area contributed by atoms with Gasteiger partial charge in [-0.15, -0.1) is 0 Å². The number of hydrogen-bond donors (Lipinski definition) is 1. The van der Waals surface area contributed by atoms with Crippen LogP contribution in [-0.2, 0) is 23.9 Å². The van der Waals surface area contributed by atoms with Crippen LogP contribution in [-0.4, -0.2) is 37.1 Å². The van der Waals surface area contributed by atoms with E-state index in [2.05, 4.69) is 26.1 Å². The first-order valence-electron chi connectivity index (χ1n) is 14.7. The molecular weight excluding hydrogens is 442 g/mol. The molecule has 1 atom stereocenters. The summed E-state index contributed by atoms with van der Waals surface area (Å²) in [6, 6.07) is -0.792. The van der Waals surface area contributed by atoms with Crippen molar-refractivity contribution in [3.05, 3.63) is 0 Å². The molecule has 0 aliphatic rings. The summed E-state index contributed by atoms with van der Waals surface area (Å²) in [5.74, 6) is -0.915. The Labute approximate surface area is 215 Å². The van der Waals surface area contributed by atoms with Gasteiger partial charge < -0.3 is 14.8 Å². The molecule has 0 saturated carbocycles. The van der Waals surface area contributed by atoms with Gasteiger partial charge in [0.1, 0.15) is 6.04 Å². The van der Waals surface area contributed by atoms with Crippen molar-refractivity contribution in [1.82, 2.24) is 5.32 Å². The van der Waals surface area contributed by atoms with Gasteiger partial charge in [0.05, 0.1) is 13.2 Å². The summed E-state index contributed by atoms with van der Waals surface area (Å²) in [5.41, 5.74) is 0. The number of nitrogens with one attached hydrogen (secondary N) is 1. The van der Waals surface area contributed by atoms with Gasteiger partial charge in [-0.2, -0.15) is 0 Å². The van der Waals surface area contributed by atoms with Gasteiger partial charge in [0, 0.05) is 12.8 Å². The predicted molar refractivity (Wildman–Crippen MR) is 143 cm³/mol. The molecule has 1 unspecified atom stereocenters. The first-order valence-corrected chi connectivity index (χ1v) is 14.7. The highest BCUT2D eigenvalue weighted by atomic mass is 16.5. The Bertz CT molecular complexity index is 523. The van der Waals surface area contributed by atoms with Crippen LogP contribution in [0.3, 0.4) is 0 Å². The lowest BCUT2D eigenvalue weighted by atomic mass is 10.1. The van der Waals surface area contributed by atoms with Crippen LogP contribution in [0, 0.1) is 0 Å². The van der Waals surface area contributed by atoms with Crippen molar-refractivity contribution >= 4 is 17.8 Å². The molecule has 0 radical (unpaired) electrons. The average molecular weight is 498 g/mol. The van der Waals surface area contributed by atoms with Gasteiger partial charge in [-0.05, 0) is 25.7 Å². The molecule has 1 amide bonds. The number of ether oxygens (including phenoxy) is 2. The molecule has 6 nitrogen and oxygen atoms in total. The van der Waals surface area contributed by atoms with E-state index in [1.165, 1.54) is 38.5 Å². The standard InChI is InChI=1S/C29H55NO5/c1-4-7-10-13-14-15-16-17-18-21-27(31)30-26(29(33)35-25-20-12-9-6-3)22-23-28(32)34-24-19-11-8-5-2/h26H,4-25H2,1-3H3,(H,30,31). The maximum atomic E-state index is 12.6. The van der Waals surface area contributed by atoms with Gasteiger partial charge in [0.2, 0.25) is 5.91 Å². The summed E-state index contributed by atoms with van der Waals surface area (Å²) in [6.07, 6.45) is 19.6. The summed E-state index contributed by atoms with van der Waals surface area (Å²) in [4.78, 5) is 37.1. The maximum Gasteiger partial charge on any atom is 0.328 e. The van der Waals surface area contributed by atoms with Crippen LogP contribution in [0.25, 0.3) is 0 Å². The second-order valence-corrected chi connectivity index (χ2v) is 9.75. The van der Waals surface area contributed by atoms with Crippen molar-refractivity contribution in [2.45, 2.75) is 155 Å². The Morgan fingerprint density at radius 2 is 1.03 bits per heavy atom. The SMILES string of the molecule is CCCCCCCCCCCC(=O)NC(CCC(=O)OCCCCCC)C(=O)OCCCCCC. The third-order valence-electron chi connectivity index (χ3n) is 6.27. The molecule has 6 heteroatoms. The van der Waals surface area contributed by atoms with Crippen LogP contribution in [0.2, 0.25) is 0 Å². The number of hydrogen-bond acceptors (Lipinski definition) is 5. The molecular formula is C29H55NO5. The lowest BCUT2D eigenvalue weighted by Crippen LogP contribution is -2.42. The van der Waals surface area contributed by atoms with E-state index in [1.54, 1.807) is 0 Å². The van der Waals surface area contributed by atoms with Crippen LogP contribution >= 0.6 is 0 Å². The molecule has 0 bridgehead atoms. The molecule has 0 aromatic heterocycles. The first-order chi connectivity index (χ1) is 17.0. The molecule has 0 heterocycles. The summed E-state index contributed by atoms with van der Waals surface area (Å²) in [7, 11) is 0. The van der Waals surface area contributed by atoms with Gasteiger partial charge in [-0.25, -0.2) is 4.79 Å². The van der Waals surface area contributed by atoms with E-state index in [0.29, 0.717) is 19.6 Å². The number of carbonyl (C=O) groups excluding carboxylic acids is 3. The predicted octanol–water partition coefficient (Wildman–Crippen LogP) is 7.42. The number of amides is 1. The zero-order chi connectivity index (χ0) is 26.0. The fourth-order valence-corrected chi connectivity index (χ4v) is 3.96. The summed E-state index contributed by atoms with van der Waals surface area (Å²) >= 11 is 0. The van der Waals surface area contributed by atoms with Crippen LogP contribution in [0.1, 0.15) is 149 Å². The Morgan fingerprint density at radius 1 is 0.571 bits per heavy atom. The molecule has 0 spiro atoms. The molecule has 0 aliphatic carbocycles. The first kappa shape index (κ1) is 33.4. The third kappa shape index (κ3) is 22.6. The van der Waals surface area contributed by atoms with Crippen LogP contribution in [0.4, 0.5) is 0 Å². The second kappa shape index (κ2) is 25.5. The van der Waals surface area contributed by atoms with Crippen molar-refractivity contribution in [3.8, 4) is 0 Å². The van der Waals surface area contributed by atoms with Crippen molar-refractivity contribution < 1.29 is 23.9 Å². The van der Waals surface area contributed by atoms with Crippen LogP contribution < -0.4 is 5.32 Å². The summed E-state index contributed by atoms with van der Waals surface area (Å²) < 4.78 is 10.7. The maximum absolute atomic E-state index is 12.6. The smallest absolute Gasteiger partial charge is 0.328 e. The summed E-state index contributed by atoms with van der Waals surface area (Å²) in [5, 5.41) is 2.81. The van der Waals surface area contributed by atoms with Crippen LogP contribution in [0.15, 0.2) is 0 Å². The Kier molecular flexibility index (Phi) is 24.3. The van der Waals surface area contributed by atoms with E-state index in [9.17, 15) is 14.4 Å². The van der Waals surface area contributed by atoms with E-state index in [4.69, 9.17) is 9.47 Å². The molecule has 0 rings (SSSR count). The van der Waals surface area contributed by atoms with E-state index in [-0.39, 0.29) is 24.7 Å².